The zero-order chi connectivity index (χ0) is 20.1. The van der Waals surface area contributed by atoms with Gasteiger partial charge in [0.1, 0.15) is 6.61 Å². The van der Waals surface area contributed by atoms with Gasteiger partial charge in [-0.05, 0) is 66.9 Å². The summed E-state index contributed by atoms with van der Waals surface area (Å²) in [5.41, 5.74) is 5.63. The number of halogens is 2. The monoisotopic (exact) mass is 415 g/mol. The first kappa shape index (κ1) is 20.4. The largest absolute Gasteiger partial charge is 0.493 e. The van der Waals surface area contributed by atoms with Crippen LogP contribution in [0.25, 0.3) is 0 Å². The molecule has 0 aliphatic heterocycles. The molecular formula is C23H23Cl2NO2. The fourth-order valence-electron chi connectivity index (χ4n) is 2.79. The summed E-state index contributed by atoms with van der Waals surface area (Å²) in [5, 5.41) is 4.63. The van der Waals surface area contributed by atoms with Gasteiger partial charge in [0.25, 0.3) is 0 Å². The molecule has 0 aliphatic carbocycles. The molecule has 0 saturated carbocycles. The molecule has 0 aromatic heterocycles. The first-order valence-electron chi connectivity index (χ1n) is 9.01. The molecule has 0 bridgehead atoms. The second-order valence-corrected chi connectivity index (χ2v) is 7.51. The van der Waals surface area contributed by atoms with E-state index in [-0.39, 0.29) is 0 Å². The minimum absolute atomic E-state index is 0.340. The predicted molar refractivity (Wildman–Crippen MR) is 117 cm³/mol. The molecule has 3 aromatic carbocycles. The minimum atomic E-state index is 0.340. The molecule has 1 N–H and O–H groups in total. The Morgan fingerprint density at radius 1 is 0.857 bits per heavy atom. The van der Waals surface area contributed by atoms with Crippen LogP contribution in [0.4, 0.5) is 5.69 Å². The molecule has 28 heavy (non-hydrogen) atoms. The molecule has 0 saturated heterocycles. The van der Waals surface area contributed by atoms with E-state index in [1.54, 1.807) is 19.2 Å². The highest BCUT2D eigenvalue weighted by atomic mass is 35.5. The molecule has 0 amide bonds. The average molecular weight is 416 g/mol. The number of rotatable bonds is 7. The number of hydrogen-bond donors (Lipinski definition) is 1. The Morgan fingerprint density at radius 3 is 2.39 bits per heavy atom. The van der Waals surface area contributed by atoms with Crippen LogP contribution in [-0.2, 0) is 13.2 Å². The Balaban J connectivity index is 1.66. The van der Waals surface area contributed by atoms with Crippen molar-refractivity contribution in [2.45, 2.75) is 27.0 Å². The van der Waals surface area contributed by atoms with Gasteiger partial charge < -0.3 is 14.8 Å². The Labute approximate surface area is 176 Å². The molecule has 0 aliphatic rings. The average Bonchev–Trinajstić information content (AvgIpc) is 2.68. The van der Waals surface area contributed by atoms with Crippen LogP contribution < -0.4 is 14.8 Å². The lowest BCUT2D eigenvalue weighted by molar-refractivity contribution is 0.284. The van der Waals surface area contributed by atoms with E-state index < -0.39 is 0 Å². The van der Waals surface area contributed by atoms with Crippen LogP contribution in [0.3, 0.4) is 0 Å². The van der Waals surface area contributed by atoms with Crippen molar-refractivity contribution in [3.8, 4) is 11.5 Å². The van der Waals surface area contributed by atoms with Crippen LogP contribution in [0, 0.1) is 13.8 Å². The maximum Gasteiger partial charge on any atom is 0.161 e. The van der Waals surface area contributed by atoms with Crippen LogP contribution >= 0.6 is 23.2 Å². The smallest absolute Gasteiger partial charge is 0.161 e. The summed E-state index contributed by atoms with van der Waals surface area (Å²) in [5.74, 6) is 1.35. The fraction of sp³-hybridized carbons (Fsp3) is 0.217. The van der Waals surface area contributed by atoms with Gasteiger partial charge in [-0.15, -0.1) is 0 Å². The molecule has 0 unspecified atom stereocenters. The zero-order valence-corrected chi connectivity index (χ0v) is 17.7. The number of ether oxygens (including phenoxy) is 2. The minimum Gasteiger partial charge on any atom is -0.493 e. The topological polar surface area (TPSA) is 30.5 Å². The quantitative estimate of drug-likeness (QED) is 0.459. The highest BCUT2D eigenvalue weighted by Crippen LogP contribution is 2.30. The molecule has 0 spiro atoms. The van der Waals surface area contributed by atoms with E-state index in [4.69, 9.17) is 32.7 Å². The maximum absolute atomic E-state index is 6.21. The van der Waals surface area contributed by atoms with Gasteiger partial charge in [-0.3, -0.25) is 0 Å². The highest BCUT2D eigenvalue weighted by Gasteiger charge is 2.08. The second-order valence-electron chi connectivity index (χ2n) is 6.66. The molecule has 0 fully saturated rings. The van der Waals surface area contributed by atoms with Gasteiger partial charge in [0, 0.05) is 27.8 Å². The summed E-state index contributed by atoms with van der Waals surface area (Å²) in [6.07, 6.45) is 0. The zero-order valence-electron chi connectivity index (χ0n) is 16.2. The van der Waals surface area contributed by atoms with Crippen molar-refractivity contribution >= 4 is 28.9 Å². The summed E-state index contributed by atoms with van der Waals surface area (Å²) in [7, 11) is 1.64. The third-order valence-corrected chi connectivity index (χ3v) is 5.22. The van der Waals surface area contributed by atoms with E-state index in [2.05, 4.69) is 37.4 Å². The second kappa shape index (κ2) is 9.22. The lowest BCUT2D eigenvalue weighted by Crippen LogP contribution is -2.02. The molecule has 5 heteroatoms. The summed E-state index contributed by atoms with van der Waals surface area (Å²) >= 11 is 12.1. The van der Waals surface area contributed by atoms with Gasteiger partial charge in [-0.25, -0.2) is 0 Å². The van der Waals surface area contributed by atoms with Gasteiger partial charge in [0.15, 0.2) is 11.5 Å². The molecule has 3 aromatic rings. The standard InChI is InChI=1S/C23H23Cl2NO2/c1-15-4-8-20(10-16(15)2)26-13-17-5-9-22(23(11-17)27-3)28-14-18-6-7-19(24)12-21(18)25/h4-12,26H,13-14H2,1-3H3. The van der Waals surface area contributed by atoms with Crippen molar-refractivity contribution in [2.24, 2.45) is 0 Å². The molecular weight excluding hydrogens is 393 g/mol. The number of methoxy groups -OCH3 is 1. The number of hydrogen-bond acceptors (Lipinski definition) is 3. The van der Waals surface area contributed by atoms with Crippen LogP contribution in [0.5, 0.6) is 11.5 Å². The summed E-state index contributed by atoms with van der Waals surface area (Å²) < 4.78 is 11.4. The maximum atomic E-state index is 6.21. The number of anilines is 1. The normalized spacial score (nSPS) is 10.6. The van der Waals surface area contributed by atoms with Crippen molar-refractivity contribution in [1.29, 1.82) is 0 Å². The van der Waals surface area contributed by atoms with E-state index in [1.165, 1.54) is 11.1 Å². The van der Waals surface area contributed by atoms with Crippen molar-refractivity contribution in [3.05, 3.63) is 86.9 Å². The molecule has 0 radical (unpaired) electrons. The van der Waals surface area contributed by atoms with Crippen molar-refractivity contribution in [1.82, 2.24) is 0 Å². The third kappa shape index (κ3) is 5.12. The SMILES string of the molecule is COc1cc(CNc2ccc(C)c(C)c2)ccc1OCc1ccc(Cl)cc1Cl. The lowest BCUT2D eigenvalue weighted by atomic mass is 10.1. The summed E-state index contributed by atoms with van der Waals surface area (Å²) in [4.78, 5) is 0. The Kier molecular flexibility index (Phi) is 6.71. The molecule has 0 heterocycles. The fourth-order valence-corrected chi connectivity index (χ4v) is 3.25. The Bertz CT molecular complexity index is 973. The van der Waals surface area contributed by atoms with Gasteiger partial charge in [0.05, 0.1) is 7.11 Å². The molecule has 0 atom stereocenters. The molecule has 3 rings (SSSR count). The summed E-state index contributed by atoms with van der Waals surface area (Å²) in [6, 6.07) is 17.6. The lowest BCUT2D eigenvalue weighted by Gasteiger charge is -2.14. The van der Waals surface area contributed by atoms with Crippen LogP contribution in [0.15, 0.2) is 54.6 Å². The van der Waals surface area contributed by atoms with Gasteiger partial charge in [0.2, 0.25) is 0 Å². The summed E-state index contributed by atoms with van der Waals surface area (Å²) in [6.45, 7) is 5.26. The van der Waals surface area contributed by atoms with E-state index >= 15 is 0 Å². The van der Waals surface area contributed by atoms with E-state index in [0.717, 1.165) is 16.8 Å². The Morgan fingerprint density at radius 2 is 1.68 bits per heavy atom. The van der Waals surface area contributed by atoms with Crippen molar-refractivity contribution in [3.63, 3.8) is 0 Å². The number of benzene rings is 3. The van der Waals surface area contributed by atoms with E-state index in [1.807, 2.05) is 24.3 Å². The van der Waals surface area contributed by atoms with Gasteiger partial charge >= 0.3 is 0 Å². The highest BCUT2D eigenvalue weighted by molar-refractivity contribution is 6.35. The number of nitrogens with one attached hydrogen (secondary N) is 1. The van der Waals surface area contributed by atoms with Gasteiger partial charge in [-0.2, -0.15) is 0 Å². The Hall–Kier alpha value is -2.36. The van der Waals surface area contributed by atoms with E-state index in [9.17, 15) is 0 Å². The van der Waals surface area contributed by atoms with Crippen molar-refractivity contribution in [2.75, 3.05) is 12.4 Å². The molecule has 146 valence electrons. The molecule has 3 nitrogen and oxygen atoms in total. The predicted octanol–water partition coefficient (Wildman–Crippen LogP) is 6.81. The number of aryl methyl sites for hydroxylation is 2. The van der Waals surface area contributed by atoms with Gasteiger partial charge in [-0.1, -0.05) is 41.4 Å². The first-order valence-corrected chi connectivity index (χ1v) is 9.76. The van der Waals surface area contributed by atoms with Crippen molar-refractivity contribution < 1.29 is 9.47 Å². The van der Waals surface area contributed by atoms with Crippen LogP contribution in [-0.4, -0.2) is 7.11 Å². The van der Waals surface area contributed by atoms with Crippen LogP contribution in [0.2, 0.25) is 10.0 Å². The van der Waals surface area contributed by atoms with Crippen LogP contribution in [0.1, 0.15) is 22.3 Å². The third-order valence-electron chi connectivity index (χ3n) is 4.63. The first-order chi connectivity index (χ1) is 13.5. The van der Waals surface area contributed by atoms with E-state index in [0.29, 0.717) is 34.7 Å².